The Morgan fingerprint density at radius 1 is 1.24 bits per heavy atom. The van der Waals surface area contributed by atoms with Gasteiger partial charge in [0.2, 0.25) is 0 Å². The molecule has 1 unspecified atom stereocenters. The van der Waals surface area contributed by atoms with Crippen LogP contribution in [0.2, 0.25) is 0 Å². The highest BCUT2D eigenvalue weighted by Crippen LogP contribution is 2.17. The van der Waals surface area contributed by atoms with E-state index in [0.29, 0.717) is 12.0 Å². The molecular weight excluding hydrogens is 232 g/mol. The van der Waals surface area contributed by atoms with Crippen molar-refractivity contribution in [1.29, 1.82) is 0 Å². The van der Waals surface area contributed by atoms with Gasteiger partial charge in [0.15, 0.2) is 0 Å². The van der Waals surface area contributed by atoms with Crippen LogP contribution in [0, 0.1) is 0 Å². The molecule has 0 radical (unpaired) electrons. The van der Waals surface area contributed by atoms with Gasteiger partial charge in [-0.3, -0.25) is 0 Å². The minimum absolute atomic E-state index is 0.333. The summed E-state index contributed by atoms with van der Waals surface area (Å²) in [6.45, 7) is 6.36. The number of anilines is 2. The van der Waals surface area contributed by atoms with E-state index < -0.39 is 0 Å². The first-order valence-electron chi connectivity index (χ1n) is 5.89. The zero-order chi connectivity index (χ0) is 12.8. The van der Waals surface area contributed by atoms with Gasteiger partial charge in [0.1, 0.15) is 17.5 Å². The van der Waals surface area contributed by atoms with Crippen LogP contribution in [-0.2, 0) is 0 Å². The Morgan fingerprint density at radius 2 is 1.88 bits per heavy atom. The molecule has 0 amide bonds. The molecule has 2 N–H and O–H groups in total. The van der Waals surface area contributed by atoms with E-state index in [-0.39, 0.29) is 0 Å². The van der Waals surface area contributed by atoms with Crippen LogP contribution in [0.5, 0.6) is 0 Å². The Bertz CT molecular complexity index is 354. The van der Waals surface area contributed by atoms with E-state index in [2.05, 4.69) is 47.6 Å². The fourth-order valence-electron chi connectivity index (χ4n) is 1.47. The minimum Gasteiger partial charge on any atom is -0.373 e. The zero-order valence-electron chi connectivity index (χ0n) is 11.2. The van der Waals surface area contributed by atoms with Crippen LogP contribution < -0.4 is 10.6 Å². The smallest absolute Gasteiger partial charge is 0.135 e. The van der Waals surface area contributed by atoms with Crippen molar-refractivity contribution in [3.63, 3.8) is 0 Å². The summed E-state index contributed by atoms with van der Waals surface area (Å²) in [5, 5.41) is 6.47. The van der Waals surface area contributed by atoms with Gasteiger partial charge in [-0.15, -0.1) is 0 Å². The van der Waals surface area contributed by atoms with Crippen LogP contribution in [0.25, 0.3) is 0 Å². The highest BCUT2D eigenvalue weighted by atomic mass is 32.2. The van der Waals surface area contributed by atoms with E-state index in [1.54, 1.807) is 0 Å². The molecule has 1 atom stereocenters. The van der Waals surface area contributed by atoms with Crippen LogP contribution in [0.1, 0.15) is 32.5 Å². The Labute approximate surface area is 108 Å². The number of aromatic nitrogens is 2. The van der Waals surface area contributed by atoms with Crippen LogP contribution in [0.3, 0.4) is 0 Å². The Balaban J connectivity index is 2.87. The first kappa shape index (κ1) is 14.1. The number of hydrogen-bond donors (Lipinski definition) is 2. The first-order chi connectivity index (χ1) is 8.06. The summed E-state index contributed by atoms with van der Waals surface area (Å²) in [7, 11) is 1.88. The van der Waals surface area contributed by atoms with Gasteiger partial charge in [-0.05, 0) is 13.2 Å². The summed E-state index contributed by atoms with van der Waals surface area (Å²) < 4.78 is 0. The van der Waals surface area contributed by atoms with Gasteiger partial charge < -0.3 is 10.6 Å². The number of thioether (sulfide) groups is 1. The second-order valence-electron chi connectivity index (χ2n) is 4.40. The second kappa shape index (κ2) is 6.69. The predicted molar refractivity (Wildman–Crippen MR) is 77.1 cm³/mol. The molecule has 0 fully saturated rings. The lowest BCUT2D eigenvalue weighted by atomic mass is 10.2. The molecule has 0 bridgehead atoms. The van der Waals surface area contributed by atoms with Gasteiger partial charge in [-0.2, -0.15) is 11.8 Å². The molecule has 1 heterocycles. The molecule has 17 heavy (non-hydrogen) atoms. The van der Waals surface area contributed by atoms with Crippen molar-refractivity contribution in [3.8, 4) is 0 Å². The second-order valence-corrected chi connectivity index (χ2v) is 5.31. The van der Waals surface area contributed by atoms with Gasteiger partial charge >= 0.3 is 0 Å². The first-order valence-corrected chi connectivity index (χ1v) is 7.28. The molecule has 1 aromatic heterocycles. The molecule has 0 saturated heterocycles. The molecule has 0 spiro atoms. The highest BCUT2D eigenvalue weighted by Gasteiger charge is 2.09. The van der Waals surface area contributed by atoms with E-state index >= 15 is 0 Å². The number of nitrogens with one attached hydrogen (secondary N) is 2. The lowest BCUT2D eigenvalue weighted by Crippen LogP contribution is -2.19. The maximum absolute atomic E-state index is 4.53. The summed E-state index contributed by atoms with van der Waals surface area (Å²) in [6.07, 6.45) is 2.11. The van der Waals surface area contributed by atoms with Crippen molar-refractivity contribution >= 4 is 23.4 Å². The van der Waals surface area contributed by atoms with E-state index in [1.807, 2.05) is 24.9 Å². The Kier molecular flexibility index (Phi) is 5.55. The molecule has 4 nitrogen and oxygen atoms in total. The summed E-state index contributed by atoms with van der Waals surface area (Å²) in [4.78, 5) is 8.97. The van der Waals surface area contributed by atoms with Gasteiger partial charge in [0.05, 0.1) is 0 Å². The van der Waals surface area contributed by atoms with Crippen LogP contribution in [0.4, 0.5) is 11.6 Å². The van der Waals surface area contributed by atoms with Crippen molar-refractivity contribution < 1.29 is 0 Å². The summed E-state index contributed by atoms with van der Waals surface area (Å²) in [6, 6.07) is 2.35. The van der Waals surface area contributed by atoms with Crippen molar-refractivity contribution in [2.24, 2.45) is 0 Å². The van der Waals surface area contributed by atoms with Crippen LogP contribution in [0.15, 0.2) is 6.07 Å². The third-order valence-corrected chi connectivity index (χ3v) is 3.16. The number of nitrogens with zero attached hydrogens (tertiary/aromatic N) is 2. The largest absolute Gasteiger partial charge is 0.373 e. The van der Waals surface area contributed by atoms with Gasteiger partial charge in [-0.1, -0.05) is 13.8 Å². The third-order valence-electron chi connectivity index (χ3n) is 2.33. The Hall–Kier alpha value is -0.970. The van der Waals surface area contributed by atoms with Crippen molar-refractivity contribution in [3.05, 3.63) is 11.9 Å². The van der Waals surface area contributed by atoms with Crippen molar-refractivity contribution in [2.45, 2.75) is 32.7 Å². The minimum atomic E-state index is 0.333. The van der Waals surface area contributed by atoms with Crippen molar-refractivity contribution in [2.75, 3.05) is 29.7 Å². The van der Waals surface area contributed by atoms with E-state index in [9.17, 15) is 0 Å². The molecule has 1 rings (SSSR count). The quantitative estimate of drug-likeness (QED) is 0.817. The molecule has 0 saturated carbocycles. The van der Waals surface area contributed by atoms with Gasteiger partial charge in [0.25, 0.3) is 0 Å². The normalized spacial score (nSPS) is 12.6. The van der Waals surface area contributed by atoms with Crippen LogP contribution >= 0.6 is 11.8 Å². The fourth-order valence-corrected chi connectivity index (χ4v) is 2.05. The molecule has 5 heteroatoms. The molecule has 0 aliphatic rings. The SMILES string of the molecule is CNc1cc(NC(C)CSC)nc(C(C)C)n1. The lowest BCUT2D eigenvalue weighted by molar-refractivity contribution is 0.772. The maximum atomic E-state index is 4.53. The summed E-state index contributed by atoms with van der Waals surface area (Å²) in [5.74, 6) is 4.03. The lowest BCUT2D eigenvalue weighted by Gasteiger charge is -2.15. The van der Waals surface area contributed by atoms with Crippen molar-refractivity contribution in [1.82, 2.24) is 9.97 Å². The number of hydrogen-bond acceptors (Lipinski definition) is 5. The standard InChI is InChI=1S/C12H22N4S/c1-8(2)12-15-10(13-4)6-11(16-12)14-9(3)7-17-5/h6,8-9H,7H2,1-5H3,(H2,13,14,15,16). The van der Waals surface area contributed by atoms with Gasteiger partial charge in [-0.25, -0.2) is 9.97 Å². The topological polar surface area (TPSA) is 49.8 Å². The fraction of sp³-hybridized carbons (Fsp3) is 0.667. The zero-order valence-corrected chi connectivity index (χ0v) is 12.1. The highest BCUT2D eigenvalue weighted by molar-refractivity contribution is 7.98. The number of rotatable bonds is 6. The molecule has 0 aliphatic carbocycles. The summed E-state index contributed by atoms with van der Waals surface area (Å²) in [5.41, 5.74) is 0. The molecule has 1 aromatic rings. The van der Waals surface area contributed by atoms with Gasteiger partial charge in [0, 0.05) is 30.8 Å². The molecule has 0 aromatic carbocycles. The van der Waals surface area contributed by atoms with Crippen LogP contribution in [-0.4, -0.2) is 35.1 Å². The van der Waals surface area contributed by atoms with E-state index in [0.717, 1.165) is 23.2 Å². The maximum Gasteiger partial charge on any atom is 0.135 e. The third kappa shape index (κ3) is 4.42. The molecular formula is C12H22N4S. The molecule has 96 valence electrons. The summed E-state index contributed by atoms with van der Waals surface area (Å²) >= 11 is 1.83. The predicted octanol–water partition coefficient (Wildman–Crippen LogP) is 2.81. The average molecular weight is 254 g/mol. The van der Waals surface area contributed by atoms with E-state index in [1.165, 1.54) is 0 Å². The Morgan fingerprint density at radius 3 is 2.41 bits per heavy atom. The molecule has 0 aliphatic heterocycles. The van der Waals surface area contributed by atoms with E-state index in [4.69, 9.17) is 0 Å². The monoisotopic (exact) mass is 254 g/mol. The average Bonchev–Trinajstić information content (AvgIpc) is 2.28.